The smallest absolute Gasteiger partial charge is 0.241 e. The largest absolute Gasteiger partial charge is 0.346 e. The number of amides is 2. The van der Waals surface area contributed by atoms with E-state index in [0.717, 1.165) is 0 Å². The van der Waals surface area contributed by atoms with Crippen molar-refractivity contribution in [2.45, 2.75) is 33.6 Å². The summed E-state index contributed by atoms with van der Waals surface area (Å²) in [6.07, 6.45) is 1.18. The fourth-order valence-electron chi connectivity index (χ4n) is 2.47. The molecule has 1 rings (SSSR count). The number of likely N-dealkylation sites (N-methyl/N-ethyl adjacent to an activating group) is 1. The molecular weight excluding hydrogens is 230 g/mol. The normalized spacial score (nSPS) is 25.8. The minimum Gasteiger partial charge on any atom is -0.346 e. The van der Waals surface area contributed by atoms with Gasteiger partial charge in [-0.1, -0.05) is 6.92 Å². The van der Waals surface area contributed by atoms with Crippen LogP contribution < -0.4 is 5.32 Å². The van der Waals surface area contributed by atoms with E-state index in [4.69, 9.17) is 5.26 Å². The van der Waals surface area contributed by atoms with Crippen LogP contribution >= 0.6 is 0 Å². The molecule has 0 saturated heterocycles. The van der Waals surface area contributed by atoms with E-state index in [0.29, 0.717) is 31.8 Å². The van der Waals surface area contributed by atoms with Crippen LogP contribution in [0.1, 0.15) is 33.6 Å². The molecule has 5 heteroatoms. The van der Waals surface area contributed by atoms with Crippen molar-refractivity contribution in [2.75, 3.05) is 19.6 Å². The summed E-state index contributed by atoms with van der Waals surface area (Å²) in [5.74, 6) is 0.00583. The van der Waals surface area contributed by atoms with E-state index in [9.17, 15) is 9.59 Å². The van der Waals surface area contributed by atoms with Crippen LogP contribution in [0.2, 0.25) is 0 Å². The molecule has 0 heterocycles. The maximum absolute atomic E-state index is 11.9. The third-order valence-corrected chi connectivity index (χ3v) is 3.56. The first-order chi connectivity index (χ1) is 8.49. The Hall–Kier alpha value is -1.57. The van der Waals surface area contributed by atoms with Crippen LogP contribution in [0.25, 0.3) is 0 Å². The van der Waals surface area contributed by atoms with Gasteiger partial charge >= 0.3 is 0 Å². The van der Waals surface area contributed by atoms with Crippen LogP contribution in [0, 0.1) is 22.7 Å². The van der Waals surface area contributed by atoms with Gasteiger partial charge in [0.25, 0.3) is 0 Å². The summed E-state index contributed by atoms with van der Waals surface area (Å²) in [4.78, 5) is 25.3. The van der Waals surface area contributed by atoms with E-state index < -0.39 is 5.41 Å². The molecule has 0 unspecified atom stereocenters. The second-order valence-corrected chi connectivity index (χ2v) is 4.96. The average molecular weight is 251 g/mol. The van der Waals surface area contributed by atoms with Gasteiger partial charge in [-0.05, 0) is 32.6 Å². The first kappa shape index (κ1) is 14.5. The number of nitrogens with one attached hydrogen (secondary N) is 1. The molecule has 0 atom stereocenters. The molecule has 5 nitrogen and oxygen atoms in total. The van der Waals surface area contributed by atoms with Gasteiger partial charge < -0.3 is 10.2 Å². The van der Waals surface area contributed by atoms with Crippen molar-refractivity contribution in [3.05, 3.63) is 0 Å². The van der Waals surface area contributed by atoms with Crippen LogP contribution in [0.3, 0.4) is 0 Å². The summed E-state index contributed by atoms with van der Waals surface area (Å²) in [6, 6.07) is 2.09. The third-order valence-electron chi connectivity index (χ3n) is 3.56. The fraction of sp³-hybridized carbons (Fsp3) is 0.769. The molecule has 0 spiro atoms. The van der Waals surface area contributed by atoms with Gasteiger partial charge in [-0.2, -0.15) is 5.26 Å². The van der Waals surface area contributed by atoms with Crippen molar-refractivity contribution < 1.29 is 9.59 Å². The van der Waals surface area contributed by atoms with Crippen molar-refractivity contribution in [3.8, 4) is 6.07 Å². The van der Waals surface area contributed by atoms with Gasteiger partial charge in [0.15, 0.2) is 0 Å². The van der Waals surface area contributed by atoms with Crippen molar-refractivity contribution in [3.63, 3.8) is 0 Å². The Morgan fingerprint density at radius 3 is 2.33 bits per heavy atom. The second kappa shape index (κ2) is 5.85. The van der Waals surface area contributed by atoms with Gasteiger partial charge in [-0.15, -0.1) is 0 Å². The van der Waals surface area contributed by atoms with E-state index in [2.05, 4.69) is 11.4 Å². The summed E-state index contributed by atoms with van der Waals surface area (Å²) in [5, 5.41) is 11.7. The quantitative estimate of drug-likeness (QED) is 0.789. The molecule has 18 heavy (non-hydrogen) atoms. The number of nitrogens with zero attached hydrogens (tertiary/aromatic N) is 2. The van der Waals surface area contributed by atoms with E-state index in [1.807, 2.05) is 20.8 Å². The van der Waals surface area contributed by atoms with Gasteiger partial charge in [0, 0.05) is 13.1 Å². The lowest BCUT2D eigenvalue weighted by atomic mass is 9.63. The van der Waals surface area contributed by atoms with Crippen LogP contribution in [0.5, 0.6) is 0 Å². The first-order valence-electron chi connectivity index (χ1n) is 6.46. The zero-order chi connectivity index (χ0) is 13.8. The Bertz CT molecular complexity index is 363. The predicted molar refractivity (Wildman–Crippen MR) is 67.4 cm³/mol. The number of hydrogen-bond acceptors (Lipinski definition) is 3. The van der Waals surface area contributed by atoms with Crippen molar-refractivity contribution in [2.24, 2.45) is 11.3 Å². The summed E-state index contributed by atoms with van der Waals surface area (Å²) < 4.78 is 0. The van der Waals surface area contributed by atoms with Crippen molar-refractivity contribution in [1.29, 1.82) is 5.26 Å². The SMILES string of the molecule is CCN(CC)C(=O)CNC(=O)C1(C#N)CC(C)C1. The predicted octanol–water partition coefficient (Wildman–Crippen LogP) is 0.911. The molecular formula is C13H21N3O2. The molecule has 2 amide bonds. The zero-order valence-electron chi connectivity index (χ0n) is 11.3. The molecule has 1 aliphatic carbocycles. The highest BCUT2D eigenvalue weighted by Gasteiger charge is 2.48. The number of carbonyl (C=O) groups is 2. The molecule has 1 fully saturated rings. The fourth-order valence-corrected chi connectivity index (χ4v) is 2.47. The lowest BCUT2D eigenvalue weighted by molar-refractivity contribution is -0.138. The van der Waals surface area contributed by atoms with E-state index in [-0.39, 0.29) is 18.4 Å². The molecule has 0 aromatic heterocycles. The maximum atomic E-state index is 11.9. The van der Waals surface area contributed by atoms with Gasteiger partial charge in [-0.3, -0.25) is 9.59 Å². The lowest BCUT2D eigenvalue weighted by Crippen LogP contribution is -2.50. The first-order valence-corrected chi connectivity index (χ1v) is 6.46. The van der Waals surface area contributed by atoms with Gasteiger partial charge in [0.2, 0.25) is 11.8 Å². The molecule has 0 radical (unpaired) electrons. The number of hydrogen-bond donors (Lipinski definition) is 1. The topological polar surface area (TPSA) is 73.2 Å². The van der Waals surface area contributed by atoms with Crippen LogP contribution in [-0.4, -0.2) is 36.3 Å². The minimum atomic E-state index is -0.900. The lowest BCUT2D eigenvalue weighted by Gasteiger charge is -2.39. The molecule has 0 aromatic rings. The summed E-state index contributed by atoms with van der Waals surface area (Å²) >= 11 is 0. The van der Waals surface area contributed by atoms with Gasteiger partial charge in [0.1, 0.15) is 5.41 Å². The van der Waals surface area contributed by atoms with E-state index in [1.54, 1.807) is 4.90 Å². The Kier molecular flexibility index (Phi) is 4.71. The Morgan fingerprint density at radius 2 is 1.94 bits per heavy atom. The summed E-state index contributed by atoms with van der Waals surface area (Å²) in [6.45, 7) is 7.06. The van der Waals surface area contributed by atoms with Crippen LogP contribution in [-0.2, 0) is 9.59 Å². The van der Waals surface area contributed by atoms with Gasteiger partial charge in [0.05, 0.1) is 12.6 Å². The Labute approximate surface area is 108 Å². The average Bonchev–Trinajstić information content (AvgIpc) is 2.33. The standard InChI is InChI=1S/C13H21N3O2/c1-4-16(5-2)11(17)8-15-12(18)13(9-14)6-10(3)7-13/h10H,4-8H2,1-3H3,(H,15,18). The molecule has 0 aliphatic heterocycles. The van der Waals surface area contributed by atoms with E-state index >= 15 is 0 Å². The molecule has 100 valence electrons. The molecule has 0 bridgehead atoms. The number of carbonyl (C=O) groups excluding carboxylic acids is 2. The molecule has 1 aliphatic rings. The van der Waals surface area contributed by atoms with E-state index in [1.165, 1.54) is 0 Å². The number of rotatable bonds is 5. The third kappa shape index (κ3) is 2.81. The molecule has 0 aromatic carbocycles. The summed E-state index contributed by atoms with van der Waals surface area (Å²) in [5.41, 5.74) is -0.900. The highest BCUT2D eigenvalue weighted by molar-refractivity contribution is 5.90. The Morgan fingerprint density at radius 1 is 1.39 bits per heavy atom. The van der Waals surface area contributed by atoms with Gasteiger partial charge in [-0.25, -0.2) is 0 Å². The maximum Gasteiger partial charge on any atom is 0.241 e. The molecule has 1 saturated carbocycles. The van der Waals surface area contributed by atoms with Crippen molar-refractivity contribution >= 4 is 11.8 Å². The van der Waals surface area contributed by atoms with Crippen LogP contribution in [0.4, 0.5) is 0 Å². The second-order valence-electron chi connectivity index (χ2n) is 4.96. The van der Waals surface area contributed by atoms with Crippen molar-refractivity contribution in [1.82, 2.24) is 10.2 Å². The monoisotopic (exact) mass is 251 g/mol. The Balaban J connectivity index is 2.47. The highest BCUT2D eigenvalue weighted by atomic mass is 16.2. The minimum absolute atomic E-state index is 0.0156. The van der Waals surface area contributed by atoms with Crippen LogP contribution in [0.15, 0.2) is 0 Å². The molecule has 1 N–H and O–H groups in total. The number of nitriles is 1. The zero-order valence-corrected chi connectivity index (χ0v) is 11.3. The highest BCUT2D eigenvalue weighted by Crippen LogP contribution is 2.44. The summed E-state index contributed by atoms with van der Waals surface area (Å²) in [7, 11) is 0.